The van der Waals surface area contributed by atoms with E-state index >= 15 is 0 Å². The first-order valence-electron chi connectivity index (χ1n) is 7.22. The van der Waals surface area contributed by atoms with Gasteiger partial charge in [0.15, 0.2) is 11.5 Å². The smallest absolute Gasteiger partial charge is 0.168 e. The molecule has 21 heavy (non-hydrogen) atoms. The van der Waals surface area contributed by atoms with Gasteiger partial charge >= 0.3 is 0 Å². The zero-order valence-corrected chi connectivity index (χ0v) is 12.9. The molecule has 0 saturated carbocycles. The van der Waals surface area contributed by atoms with Crippen LogP contribution in [0.3, 0.4) is 0 Å². The fourth-order valence-corrected chi connectivity index (χ4v) is 2.52. The predicted octanol–water partition coefficient (Wildman–Crippen LogP) is 3.82. The van der Waals surface area contributed by atoms with E-state index in [0.29, 0.717) is 12.5 Å². The Balaban J connectivity index is 2.58. The highest BCUT2D eigenvalue weighted by Crippen LogP contribution is 2.41. The van der Waals surface area contributed by atoms with Crippen LogP contribution in [0.4, 0.5) is 0 Å². The molecule has 0 fully saturated rings. The van der Waals surface area contributed by atoms with Gasteiger partial charge in [0.1, 0.15) is 0 Å². The van der Waals surface area contributed by atoms with Crippen LogP contribution in [0.25, 0.3) is 11.1 Å². The minimum atomic E-state index is 0.386. The van der Waals surface area contributed by atoms with Crippen LogP contribution in [0.1, 0.15) is 24.8 Å². The summed E-state index contributed by atoms with van der Waals surface area (Å²) in [5.41, 5.74) is 9.08. The van der Waals surface area contributed by atoms with Gasteiger partial charge in [0, 0.05) is 5.56 Å². The maximum atomic E-state index is 5.69. The molecule has 2 aromatic rings. The van der Waals surface area contributed by atoms with Gasteiger partial charge in [-0.05, 0) is 42.1 Å². The molecule has 1 unspecified atom stereocenters. The van der Waals surface area contributed by atoms with Gasteiger partial charge in [-0.3, -0.25) is 0 Å². The maximum absolute atomic E-state index is 5.69. The van der Waals surface area contributed by atoms with Gasteiger partial charge in [0.2, 0.25) is 0 Å². The Morgan fingerprint density at radius 3 is 2.33 bits per heavy atom. The van der Waals surface area contributed by atoms with Crippen molar-refractivity contribution >= 4 is 0 Å². The molecule has 0 aliphatic rings. The van der Waals surface area contributed by atoms with E-state index in [1.165, 1.54) is 5.56 Å². The van der Waals surface area contributed by atoms with Crippen molar-refractivity contribution in [1.82, 2.24) is 0 Å². The van der Waals surface area contributed by atoms with Crippen LogP contribution in [0.15, 0.2) is 42.5 Å². The summed E-state index contributed by atoms with van der Waals surface area (Å²) < 4.78 is 11.1. The van der Waals surface area contributed by atoms with Crippen molar-refractivity contribution in [2.24, 2.45) is 5.73 Å². The van der Waals surface area contributed by atoms with Gasteiger partial charge in [-0.2, -0.15) is 0 Å². The van der Waals surface area contributed by atoms with Crippen LogP contribution in [0.2, 0.25) is 0 Å². The van der Waals surface area contributed by atoms with Crippen molar-refractivity contribution in [3.8, 4) is 22.6 Å². The highest BCUT2D eigenvalue weighted by molar-refractivity contribution is 5.75. The van der Waals surface area contributed by atoms with Crippen molar-refractivity contribution in [2.45, 2.75) is 19.3 Å². The summed E-state index contributed by atoms with van der Waals surface area (Å²) >= 11 is 0. The highest BCUT2D eigenvalue weighted by atomic mass is 16.5. The standard InChI is InChI=1S/C18H23NO2/c1-13(9-10-19)15-11-16(14-7-5-4-6-8-14)18(21-3)17(12-15)20-2/h4-8,11-13H,9-10,19H2,1-3H3. The molecule has 0 aliphatic carbocycles. The zero-order valence-electron chi connectivity index (χ0n) is 12.9. The van der Waals surface area contributed by atoms with Crippen LogP contribution in [0.5, 0.6) is 11.5 Å². The Morgan fingerprint density at radius 1 is 1.05 bits per heavy atom. The second-order valence-electron chi connectivity index (χ2n) is 5.15. The summed E-state index contributed by atoms with van der Waals surface area (Å²) in [6.07, 6.45) is 0.948. The van der Waals surface area contributed by atoms with Gasteiger partial charge in [-0.25, -0.2) is 0 Å². The summed E-state index contributed by atoms with van der Waals surface area (Å²) in [7, 11) is 3.34. The van der Waals surface area contributed by atoms with E-state index in [4.69, 9.17) is 15.2 Å². The first-order valence-corrected chi connectivity index (χ1v) is 7.22. The fourth-order valence-electron chi connectivity index (χ4n) is 2.52. The third-order valence-corrected chi connectivity index (χ3v) is 3.75. The number of hydrogen-bond acceptors (Lipinski definition) is 3. The normalized spacial score (nSPS) is 12.0. The molecule has 2 aromatic carbocycles. The van der Waals surface area contributed by atoms with Crippen molar-refractivity contribution in [1.29, 1.82) is 0 Å². The zero-order chi connectivity index (χ0) is 15.2. The lowest BCUT2D eigenvalue weighted by atomic mass is 9.93. The number of hydrogen-bond donors (Lipinski definition) is 1. The minimum Gasteiger partial charge on any atom is -0.493 e. The molecule has 0 bridgehead atoms. The molecule has 0 aliphatic heterocycles. The maximum Gasteiger partial charge on any atom is 0.168 e. The number of methoxy groups -OCH3 is 2. The van der Waals surface area contributed by atoms with E-state index in [1.54, 1.807) is 14.2 Å². The molecule has 3 nitrogen and oxygen atoms in total. The minimum absolute atomic E-state index is 0.386. The van der Waals surface area contributed by atoms with E-state index in [-0.39, 0.29) is 0 Å². The van der Waals surface area contributed by atoms with Gasteiger partial charge in [-0.1, -0.05) is 37.3 Å². The van der Waals surface area contributed by atoms with Crippen LogP contribution in [0, 0.1) is 0 Å². The molecule has 2 rings (SSSR count). The lowest BCUT2D eigenvalue weighted by Crippen LogP contribution is -2.05. The summed E-state index contributed by atoms with van der Waals surface area (Å²) in [6, 6.07) is 14.4. The molecule has 0 amide bonds. The van der Waals surface area contributed by atoms with E-state index in [2.05, 4.69) is 25.1 Å². The summed E-state index contributed by atoms with van der Waals surface area (Å²) in [5.74, 6) is 1.92. The van der Waals surface area contributed by atoms with Gasteiger partial charge in [-0.15, -0.1) is 0 Å². The number of rotatable bonds is 6. The molecule has 0 aromatic heterocycles. The Hall–Kier alpha value is -2.00. The molecule has 3 heteroatoms. The van der Waals surface area contributed by atoms with E-state index in [1.807, 2.05) is 24.3 Å². The lowest BCUT2D eigenvalue weighted by molar-refractivity contribution is 0.355. The molecule has 0 heterocycles. The fraction of sp³-hybridized carbons (Fsp3) is 0.333. The van der Waals surface area contributed by atoms with E-state index in [0.717, 1.165) is 29.0 Å². The van der Waals surface area contributed by atoms with Crippen molar-refractivity contribution < 1.29 is 9.47 Å². The summed E-state index contributed by atoms with van der Waals surface area (Å²) in [5, 5.41) is 0. The summed E-state index contributed by atoms with van der Waals surface area (Å²) in [6.45, 7) is 2.86. The number of benzene rings is 2. The van der Waals surface area contributed by atoms with Crippen molar-refractivity contribution in [3.05, 3.63) is 48.0 Å². The molecule has 0 saturated heterocycles. The molecule has 112 valence electrons. The SMILES string of the molecule is COc1cc(C(C)CCN)cc(-c2ccccc2)c1OC. The Morgan fingerprint density at radius 2 is 1.76 bits per heavy atom. The molecule has 0 spiro atoms. The Labute approximate surface area is 126 Å². The second-order valence-corrected chi connectivity index (χ2v) is 5.15. The molecular weight excluding hydrogens is 262 g/mol. The molecule has 2 N–H and O–H groups in total. The van der Waals surface area contributed by atoms with E-state index in [9.17, 15) is 0 Å². The Bertz CT molecular complexity index is 581. The van der Waals surface area contributed by atoms with Crippen LogP contribution in [-0.2, 0) is 0 Å². The van der Waals surface area contributed by atoms with Gasteiger partial charge < -0.3 is 15.2 Å². The predicted molar refractivity (Wildman–Crippen MR) is 87.1 cm³/mol. The number of nitrogens with two attached hydrogens (primary N) is 1. The second kappa shape index (κ2) is 7.14. The monoisotopic (exact) mass is 285 g/mol. The molecular formula is C18H23NO2. The third kappa shape index (κ3) is 3.37. The van der Waals surface area contributed by atoms with Gasteiger partial charge in [0.25, 0.3) is 0 Å². The first-order chi connectivity index (χ1) is 10.2. The largest absolute Gasteiger partial charge is 0.493 e. The van der Waals surface area contributed by atoms with Crippen LogP contribution in [-0.4, -0.2) is 20.8 Å². The number of ether oxygens (including phenoxy) is 2. The van der Waals surface area contributed by atoms with Gasteiger partial charge in [0.05, 0.1) is 14.2 Å². The average Bonchev–Trinajstić information content (AvgIpc) is 2.54. The topological polar surface area (TPSA) is 44.5 Å². The highest BCUT2D eigenvalue weighted by Gasteiger charge is 2.16. The molecule has 0 radical (unpaired) electrons. The lowest BCUT2D eigenvalue weighted by Gasteiger charge is -2.18. The van der Waals surface area contributed by atoms with Crippen LogP contribution < -0.4 is 15.2 Å². The third-order valence-electron chi connectivity index (χ3n) is 3.75. The molecule has 1 atom stereocenters. The quantitative estimate of drug-likeness (QED) is 0.877. The van der Waals surface area contributed by atoms with E-state index < -0.39 is 0 Å². The Kier molecular flexibility index (Phi) is 5.23. The van der Waals surface area contributed by atoms with Crippen molar-refractivity contribution in [2.75, 3.05) is 20.8 Å². The average molecular weight is 285 g/mol. The first kappa shape index (κ1) is 15.4. The van der Waals surface area contributed by atoms with Crippen molar-refractivity contribution in [3.63, 3.8) is 0 Å². The van der Waals surface area contributed by atoms with Crippen LogP contribution >= 0.6 is 0 Å². The summed E-state index contributed by atoms with van der Waals surface area (Å²) in [4.78, 5) is 0.